The van der Waals surface area contributed by atoms with Gasteiger partial charge in [0.25, 0.3) is 0 Å². The quantitative estimate of drug-likeness (QED) is 0.103. The topological polar surface area (TPSA) is 210 Å². The number of urea groups is 1. The van der Waals surface area contributed by atoms with Crippen LogP contribution in [0.3, 0.4) is 0 Å². The summed E-state index contributed by atoms with van der Waals surface area (Å²) in [6.45, 7) is 0.627. The van der Waals surface area contributed by atoms with Crippen LogP contribution in [0.1, 0.15) is 32.1 Å². The summed E-state index contributed by atoms with van der Waals surface area (Å²) < 4.78 is 21.3. The summed E-state index contributed by atoms with van der Waals surface area (Å²) in [5, 5.41) is 14.7. The molecule has 2 rings (SSSR count). The molecule has 4 atom stereocenters. The van der Waals surface area contributed by atoms with Gasteiger partial charge in [-0.25, -0.2) is 9.36 Å². The van der Waals surface area contributed by atoms with Crippen LogP contribution in [0.25, 0.3) is 0 Å². The fraction of sp³-hybridized carbons (Fsp3) is 0.667. The number of unbranched alkanes of at least 4 members (excludes halogenated alkanes) is 3. The predicted molar refractivity (Wildman–Crippen MR) is 113 cm³/mol. The zero-order chi connectivity index (χ0) is 23.7. The molecule has 2 aliphatic rings. The molecule has 0 saturated carbocycles. The van der Waals surface area contributed by atoms with Crippen molar-refractivity contribution in [3.05, 3.63) is 23.9 Å². The van der Waals surface area contributed by atoms with E-state index in [0.29, 0.717) is 18.7 Å². The molecule has 2 heterocycles. The Labute approximate surface area is 186 Å². The van der Waals surface area contributed by atoms with Gasteiger partial charge < -0.3 is 41.7 Å². The lowest BCUT2D eigenvalue weighted by Gasteiger charge is -2.32. The van der Waals surface area contributed by atoms with Crippen LogP contribution in [-0.2, 0) is 18.6 Å². The van der Waals surface area contributed by atoms with Crippen molar-refractivity contribution < 1.29 is 38.3 Å². The molecule has 1 saturated heterocycles. The molecule has 0 radical (unpaired) electrons. The number of ether oxygens (including phenoxy) is 1. The summed E-state index contributed by atoms with van der Waals surface area (Å²) in [4.78, 5) is 43.6. The summed E-state index contributed by atoms with van der Waals surface area (Å²) in [6, 6.07) is -0.602. The van der Waals surface area contributed by atoms with Crippen molar-refractivity contribution in [2.75, 3.05) is 19.7 Å². The molecule has 14 heteroatoms. The fourth-order valence-electron chi connectivity index (χ4n) is 3.34. The average molecular weight is 477 g/mol. The number of nitrogens with zero attached hydrogens (tertiary/aromatic N) is 1. The minimum Gasteiger partial charge on any atom is -0.394 e. The van der Waals surface area contributed by atoms with E-state index in [1.807, 2.05) is 0 Å². The van der Waals surface area contributed by atoms with Gasteiger partial charge in [-0.2, -0.15) is 0 Å². The molecule has 182 valence electrons. The highest BCUT2D eigenvalue weighted by Crippen LogP contribution is 2.42. The summed E-state index contributed by atoms with van der Waals surface area (Å²) in [7, 11) is -4.82. The van der Waals surface area contributed by atoms with Gasteiger partial charge in [-0.15, -0.1) is 0 Å². The highest BCUT2D eigenvalue weighted by atomic mass is 31.2. The number of aliphatic hydroxyl groups excluding tert-OH is 1. The van der Waals surface area contributed by atoms with Crippen molar-refractivity contribution in [3.63, 3.8) is 0 Å². The largest absolute Gasteiger partial charge is 0.469 e. The van der Waals surface area contributed by atoms with E-state index >= 15 is 0 Å². The lowest BCUT2D eigenvalue weighted by molar-refractivity contribution is -0.116. The Kier molecular flexibility index (Phi) is 10.3. The van der Waals surface area contributed by atoms with Crippen LogP contribution in [-0.4, -0.2) is 76.0 Å². The van der Waals surface area contributed by atoms with Gasteiger partial charge in [-0.3, -0.25) is 14.2 Å². The van der Waals surface area contributed by atoms with Crippen molar-refractivity contribution in [2.24, 2.45) is 11.5 Å². The minimum absolute atomic E-state index is 0.0862. The van der Waals surface area contributed by atoms with E-state index in [1.165, 1.54) is 18.4 Å². The Balaban J connectivity index is 1.97. The maximum Gasteiger partial charge on any atom is 0.469 e. The SMILES string of the molecule is NCCCCCCNC(=O)/C=C/C1=CN([C@H]2C[C@@H](OP(=O)(O)O)C(CO)O2)C(=O)NC1N. The molecule has 1 fully saturated rings. The zero-order valence-corrected chi connectivity index (χ0v) is 18.5. The molecule has 3 amide bonds. The van der Waals surface area contributed by atoms with Crippen LogP contribution in [0, 0.1) is 0 Å². The number of nitrogens with one attached hydrogen (secondary N) is 2. The molecule has 0 spiro atoms. The van der Waals surface area contributed by atoms with E-state index in [-0.39, 0.29) is 12.3 Å². The third-order valence-corrected chi connectivity index (χ3v) is 5.51. The lowest BCUT2D eigenvalue weighted by Crippen LogP contribution is -2.54. The van der Waals surface area contributed by atoms with E-state index in [0.717, 1.165) is 30.6 Å². The van der Waals surface area contributed by atoms with Gasteiger partial charge in [0.1, 0.15) is 24.6 Å². The number of carbonyl (C=O) groups is 2. The number of nitrogens with two attached hydrogens (primary N) is 2. The highest BCUT2D eigenvalue weighted by molar-refractivity contribution is 7.46. The van der Waals surface area contributed by atoms with Gasteiger partial charge in [0.2, 0.25) is 5.91 Å². The minimum atomic E-state index is -4.82. The maximum absolute atomic E-state index is 12.4. The van der Waals surface area contributed by atoms with E-state index in [9.17, 15) is 19.3 Å². The van der Waals surface area contributed by atoms with Crippen LogP contribution >= 0.6 is 7.82 Å². The molecule has 13 nitrogen and oxygen atoms in total. The number of phosphoric acid groups is 1. The van der Waals surface area contributed by atoms with Crippen molar-refractivity contribution in [3.8, 4) is 0 Å². The van der Waals surface area contributed by atoms with Gasteiger partial charge in [0, 0.05) is 30.8 Å². The van der Waals surface area contributed by atoms with Gasteiger partial charge >= 0.3 is 13.9 Å². The molecular formula is C18H32N5O8P. The Morgan fingerprint density at radius 3 is 2.75 bits per heavy atom. The molecule has 0 aliphatic carbocycles. The molecular weight excluding hydrogens is 445 g/mol. The summed E-state index contributed by atoms with van der Waals surface area (Å²) in [6.07, 6.45) is 3.88. The molecule has 0 aromatic rings. The highest BCUT2D eigenvalue weighted by Gasteiger charge is 2.43. The second-order valence-electron chi connectivity index (χ2n) is 7.47. The van der Waals surface area contributed by atoms with Crippen molar-refractivity contribution >= 4 is 19.8 Å². The van der Waals surface area contributed by atoms with Crippen molar-refractivity contribution in [1.29, 1.82) is 0 Å². The van der Waals surface area contributed by atoms with Gasteiger partial charge in [0.05, 0.1) is 6.61 Å². The number of amides is 3. The van der Waals surface area contributed by atoms with Crippen molar-refractivity contribution in [2.45, 2.75) is 56.7 Å². The number of phosphoric ester groups is 1. The number of carbonyl (C=O) groups excluding carboxylic acids is 2. The number of aliphatic hydroxyl groups is 1. The zero-order valence-electron chi connectivity index (χ0n) is 17.6. The molecule has 2 unspecified atom stereocenters. The Bertz CT molecular complexity index is 758. The summed E-state index contributed by atoms with van der Waals surface area (Å²) >= 11 is 0. The van der Waals surface area contributed by atoms with E-state index in [2.05, 4.69) is 15.2 Å². The molecule has 9 N–H and O–H groups in total. The maximum atomic E-state index is 12.4. The lowest BCUT2D eigenvalue weighted by atomic mass is 10.1. The Hall–Kier alpha value is -1.83. The Morgan fingerprint density at radius 1 is 1.38 bits per heavy atom. The van der Waals surface area contributed by atoms with Crippen LogP contribution < -0.4 is 22.1 Å². The van der Waals surface area contributed by atoms with Gasteiger partial charge in [0.15, 0.2) is 0 Å². The van der Waals surface area contributed by atoms with E-state index in [4.69, 9.17) is 26.0 Å². The standard InChI is InChI=1S/C18H32N5O8P/c19-7-3-1-2-4-8-21-15(25)6-5-12-10-23(18(26)22-17(12)20)16-9-13(14(11-24)30-16)31-32(27,28)29/h5-6,10,13-14,16-17,24H,1-4,7-9,11,19-20H2,(H,21,25)(H,22,26)(H2,27,28,29)/b6-5+/t13-,14?,16-,17?/m1/s1. The molecule has 0 aromatic carbocycles. The monoisotopic (exact) mass is 477 g/mol. The van der Waals surface area contributed by atoms with Crippen molar-refractivity contribution in [1.82, 2.24) is 15.5 Å². The fourth-order valence-corrected chi connectivity index (χ4v) is 3.91. The Morgan fingerprint density at radius 2 is 2.09 bits per heavy atom. The number of rotatable bonds is 12. The third-order valence-electron chi connectivity index (χ3n) is 4.96. The second kappa shape index (κ2) is 12.4. The molecule has 0 aromatic heterocycles. The first kappa shape index (κ1) is 26.4. The smallest absolute Gasteiger partial charge is 0.394 e. The first-order valence-corrected chi connectivity index (χ1v) is 11.9. The third kappa shape index (κ3) is 8.26. The summed E-state index contributed by atoms with van der Waals surface area (Å²) in [5.41, 5.74) is 11.8. The summed E-state index contributed by atoms with van der Waals surface area (Å²) in [5.74, 6) is -0.312. The van der Waals surface area contributed by atoms with Gasteiger partial charge in [-0.1, -0.05) is 12.8 Å². The number of hydrogen-bond donors (Lipinski definition) is 7. The molecule has 0 bridgehead atoms. The van der Waals surface area contributed by atoms with Gasteiger partial charge in [-0.05, 0) is 25.5 Å². The van der Waals surface area contributed by atoms with Crippen LogP contribution in [0.2, 0.25) is 0 Å². The first-order chi connectivity index (χ1) is 15.1. The van der Waals surface area contributed by atoms with E-state index < -0.39 is 45.1 Å². The number of hydrogen-bond acceptors (Lipinski definition) is 8. The van der Waals surface area contributed by atoms with Crippen LogP contribution in [0.15, 0.2) is 23.9 Å². The first-order valence-electron chi connectivity index (χ1n) is 10.4. The molecule has 2 aliphatic heterocycles. The van der Waals surface area contributed by atoms with Crippen LogP contribution in [0.4, 0.5) is 4.79 Å². The van der Waals surface area contributed by atoms with E-state index in [1.54, 1.807) is 0 Å². The molecule has 32 heavy (non-hydrogen) atoms. The predicted octanol–water partition coefficient (Wildman–Crippen LogP) is -1.04. The average Bonchev–Trinajstić information content (AvgIpc) is 3.10. The van der Waals surface area contributed by atoms with Crippen LogP contribution in [0.5, 0.6) is 0 Å². The second-order valence-corrected chi connectivity index (χ2v) is 8.66. The normalized spacial score (nSPS) is 26.3.